The van der Waals surface area contributed by atoms with Crippen LogP contribution in [0.1, 0.15) is 29.7 Å². The molecule has 5 rings (SSSR count). The Morgan fingerprint density at radius 1 is 1.22 bits per heavy atom. The third-order valence-corrected chi connectivity index (χ3v) is 5.85. The molecule has 0 atom stereocenters. The van der Waals surface area contributed by atoms with Crippen molar-refractivity contribution >= 4 is 11.3 Å². The van der Waals surface area contributed by atoms with Crippen molar-refractivity contribution in [3.05, 3.63) is 34.8 Å². The van der Waals surface area contributed by atoms with E-state index in [-0.39, 0.29) is 5.60 Å². The fourth-order valence-corrected chi connectivity index (χ4v) is 4.28. The van der Waals surface area contributed by atoms with Gasteiger partial charge in [0, 0.05) is 36.3 Å². The van der Waals surface area contributed by atoms with E-state index in [1.165, 1.54) is 4.88 Å². The quantitative estimate of drug-likeness (QED) is 0.865. The van der Waals surface area contributed by atoms with Crippen LogP contribution in [0.25, 0.3) is 10.6 Å². The fourth-order valence-electron chi connectivity index (χ4n) is 3.53. The molecule has 3 saturated heterocycles. The lowest BCUT2D eigenvalue weighted by Gasteiger charge is -2.48. The van der Waals surface area contributed by atoms with Gasteiger partial charge in [0.15, 0.2) is 0 Å². The predicted octanol–water partition coefficient (Wildman–Crippen LogP) is 3.61. The first-order valence-corrected chi connectivity index (χ1v) is 8.87. The number of piperidine rings is 3. The van der Waals surface area contributed by atoms with Gasteiger partial charge in [-0.3, -0.25) is 0 Å². The van der Waals surface area contributed by atoms with Crippen LogP contribution < -0.4 is 4.74 Å². The minimum Gasteiger partial charge on any atom is -0.487 e. The summed E-state index contributed by atoms with van der Waals surface area (Å²) in [6.45, 7) is 5.41. The zero-order valence-corrected chi connectivity index (χ0v) is 14.0. The molecule has 23 heavy (non-hydrogen) atoms. The highest BCUT2D eigenvalue weighted by molar-refractivity contribution is 7.14. The summed E-state index contributed by atoms with van der Waals surface area (Å²) in [6, 6.07) is 8.04. The number of benzene rings is 1. The van der Waals surface area contributed by atoms with Crippen LogP contribution in [0.3, 0.4) is 0 Å². The summed E-state index contributed by atoms with van der Waals surface area (Å²) in [6.07, 6.45) is 5.11. The predicted molar refractivity (Wildman–Crippen MR) is 90.7 cm³/mol. The summed E-state index contributed by atoms with van der Waals surface area (Å²) in [7, 11) is 0. The van der Waals surface area contributed by atoms with Crippen molar-refractivity contribution in [1.82, 2.24) is 9.88 Å². The number of rotatable bonds is 3. The van der Waals surface area contributed by atoms with E-state index in [2.05, 4.69) is 16.0 Å². The van der Waals surface area contributed by atoms with E-state index < -0.39 is 0 Å². The van der Waals surface area contributed by atoms with Gasteiger partial charge in [-0.1, -0.05) is 0 Å². The maximum atomic E-state index is 9.34. The van der Waals surface area contributed by atoms with Crippen molar-refractivity contribution in [1.29, 1.82) is 5.26 Å². The van der Waals surface area contributed by atoms with Crippen molar-refractivity contribution in [2.75, 3.05) is 19.6 Å². The Labute approximate surface area is 140 Å². The van der Waals surface area contributed by atoms with E-state index in [0.717, 1.165) is 55.2 Å². The number of nitrogens with zero attached hydrogens (tertiary/aromatic N) is 3. The topological polar surface area (TPSA) is 49.1 Å². The number of fused-ring (bicyclic) bond motifs is 3. The summed E-state index contributed by atoms with van der Waals surface area (Å²) in [4.78, 5) is 8.11. The smallest absolute Gasteiger partial charge is 0.123 e. The van der Waals surface area contributed by atoms with E-state index in [4.69, 9.17) is 4.74 Å². The average Bonchev–Trinajstić information content (AvgIpc) is 3.02. The lowest BCUT2D eigenvalue weighted by atomic mass is 9.83. The Morgan fingerprint density at radius 2 is 1.96 bits per heavy atom. The van der Waals surface area contributed by atoms with Gasteiger partial charge in [-0.2, -0.15) is 5.26 Å². The van der Waals surface area contributed by atoms with Crippen LogP contribution in [-0.2, 0) is 0 Å². The number of hydrogen-bond donors (Lipinski definition) is 0. The summed E-state index contributed by atoms with van der Waals surface area (Å²) in [5, 5.41) is 10.3. The normalized spacial score (nSPS) is 26.0. The molecular formula is C18H19N3OS. The molecule has 0 amide bonds. The SMILES string of the molecule is Cc1cnc(-c2cc(C#N)cc(OC34CCN(CC3)CC4)c2)s1. The van der Waals surface area contributed by atoms with Gasteiger partial charge in [0.2, 0.25) is 0 Å². The van der Waals surface area contributed by atoms with Crippen molar-refractivity contribution in [3.63, 3.8) is 0 Å². The van der Waals surface area contributed by atoms with Crippen molar-refractivity contribution < 1.29 is 4.74 Å². The third-order valence-electron chi connectivity index (χ3n) is 4.89. The molecule has 5 heteroatoms. The Morgan fingerprint density at radius 3 is 2.57 bits per heavy atom. The first-order chi connectivity index (χ1) is 11.2. The van der Waals surface area contributed by atoms with Gasteiger partial charge in [-0.05, 0) is 44.4 Å². The number of hydrogen-bond acceptors (Lipinski definition) is 5. The molecule has 1 aromatic heterocycles. The molecule has 0 saturated carbocycles. The molecule has 4 heterocycles. The zero-order valence-electron chi connectivity index (χ0n) is 13.2. The highest BCUT2D eigenvalue weighted by Gasteiger charge is 2.41. The van der Waals surface area contributed by atoms with Crippen molar-refractivity contribution in [2.45, 2.75) is 31.8 Å². The van der Waals surface area contributed by atoms with Gasteiger partial charge < -0.3 is 9.64 Å². The van der Waals surface area contributed by atoms with Crippen LogP contribution in [0.2, 0.25) is 0 Å². The average molecular weight is 325 g/mol. The van der Waals surface area contributed by atoms with E-state index in [1.807, 2.05) is 31.3 Å². The van der Waals surface area contributed by atoms with E-state index >= 15 is 0 Å². The van der Waals surface area contributed by atoms with Gasteiger partial charge in [0.25, 0.3) is 0 Å². The summed E-state index contributed by atoms with van der Waals surface area (Å²) in [5.41, 5.74) is 1.57. The molecule has 0 unspecified atom stereocenters. The molecule has 0 N–H and O–H groups in total. The van der Waals surface area contributed by atoms with Crippen molar-refractivity contribution in [3.8, 4) is 22.4 Å². The van der Waals surface area contributed by atoms with Crippen LogP contribution in [0, 0.1) is 18.3 Å². The van der Waals surface area contributed by atoms with Gasteiger partial charge >= 0.3 is 0 Å². The largest absolute Gasteiger partial charge is 0.487 e. The Kier molecular flexibility index (Phi) is 3.59. The Hall–Kier alpha value is -1.90. The maximum Gasteiger partial charge on any atom is 0.123 e. The number of ether oxygens (including phenoxy) is 1. The molecule has 1 aromatic carbocycles. The van der Waals surface area contributed by atoms with Crippen LogP contribution >= 0.6 is 11.3 Å². The number of aryl methyl sites for hydroxylation is 1. The van der Waals surface area contributed by atoms with Crippen LogP contribution in [-0.4, -0.2) is 35.1 Å². The molecular weight excluding hydrogens is 306 g/mol. The Bertz CT molecular complexity index is 755. The van der Waals surface area contributed by atoms with Crippen LogP contribution in [0.4, 0.5) is 0 Å². The second-order valence-electron chi connectivity index (χ2n) is 6.51. The van der Waals surface area contributed by atoms with E-state index in [1.54, 1.807) is 11.3 Å². The number of aromatic nitrogens is 1. The minimum absolute atomic E-state index is 0.0428. The van der Waals surface area contributed by atoms with Gasteiger partial charge in [-0.15, -0.1) is 11.3 Å². The molecule has 3 aliphatic heterocycles. The highest BCUT2D eigenvalue weighted by atomic mass is 32.1. The molecule has 0 aliphatic carbocycles. The molecule has 2 aromatic rings. The number of nitriles is 1. The second kappa shape index (κ2) is 5.63. The fraction of sp³-hybridized carbons (Fsp3) is 0.444. The maximum absolute atomic E-state index is 9.34. The minimum atomic E-state index is -0.0428. The summed E-state index contributed by atoms with van der Waals surface area (Å²) in [5.74, 6) is 0.808. The molecule has 3 aliphatic rings. The third kappa shape index (κ3) is 2.85. The monoisotopic (exact) mass is 325 g/mol. The first-order valence-electron chi connectivity index (χ1n) is 8.05. The summed E-state index contributed by atoms with van der Waals surface area (Å²) >= 11 is 1.64. The lowest BCUT2D eigenvalue weighted by Crippen LogP contribution is -2.55. The standard InChI is InChI=1S/C18H19N3OS/c1-13-12-20-17(23-13)15-8-14(11-19)9-16(10-15)22-18-2-5-21(6-3-18)7-4-18/h8-10,12H,2-7H2,1H3. The molecule has 0 spiro atoms. The molecule has 118 valence electrons. The summed E-state index contributed by atoms with van der Waals surface area (Å²) < 4.78 is 6.44. The Balaban J connectivity index is 1.67. The van der Waals surface area contributed by atoms with E-state index in [9.17, 15) is 5.26 Å². The molecule has 0 radical (unpaired) electrons. The van der Waals surface area contributed by atoms with Crippen LogP contribution in [0.15, 0.2) is 24.4 Å². The number of thiazole rings is 1. The second-order valence-corrected chi connectivity index (χ2v) is 7.75. The van der Waals surface area contributed by atoms with Gasteiger partial charge in [0.05, 0.1) is 11.6 Å². The molecule has 3 fully saturated rings. The van der Waals surface area contributed by atoms with E-state index in [0.29, 0.717) is 5.56 Å². The van der Waals surface area contributed by atoms with Gasteiger partial charge in [-0.25, -0.2) is 4.98 Å². The zero-order chi connectivity index (χ0) is 15.9. The first kappa shape index (κ1) is 14.7. The molecule has 2 bridgehead atoms. The van der Waals surface area contributed by atoms with Gasteiger partial charge in [0.1, 0.15) is 16.4 Å². The van der Waals surface area contributed by atoms with Crippen LogP contribution in [0.5, 0.6) is 5.75 Å². The highest BCUT2D eigenvalue weighted by Crippen LogP contribution is 2.38. The lowest BCUT2D eigenvalue weighted by molar-refractivity contribution is -0.0511. The van der Waals surface area contributed by atoms with Crippen molar-refractivity contribution in [2.24, 2.45) is 0 Å². The molecule has 4 nitrogen and oxygen atoms in total.